The van der Waals surface area contributed by atoms with Gasteiger partial charge in [0.1, 0.15) is 11.6 Å². The molecule has 8 nitrogen and oxygen atoms in total. The third kappa shape index (κ3) is 5.77. The van der Waals surface area contributed by atoms with E-state index in [1.165, 1.54) is 16.4 Å². The van der Waals surface area contributed by atoms with E-state index in [1.54, 1.807) is 4.68 Å². The van der Waals surface area contributed by atoms with E-state index in [0.29, 0.717) is 18.9 Å². The number of amides is 1. The molecular weight excluding hydrogens is 469 g/mol. The fourth-order valence-electron chi connectivity index (χ4n) is 3.87. The molecule has 1 aliphatic heterocycles. The molecule has 186 valence electrons. The van der Waals surface area contributed by atoms with Crippen molar-refractivity contribution in [1.82, 2.24) is 19.0 Å². The van der Waals surface area contributed by atoms with Gasteiger partial charge < -0.3 is 5.32 Å². The van der Waals surface area contributed by atoms with Crippen LogP contribution in [0.4, 0.5) is 10.2 Å². The fourth-order valence-corrected chi connectivity index (χ4v) is 5.29. The van der Waals surface area contributed by atoms with Crippen molar-refractivity contribution in [2.24, 2.45) is 0 Å². The lowest BCUT2D eigenvalue weighted by Gasteiger charge is -2.33. The van der Waals surface area contributed by atoms with E-state index in [-0.39, 0.29) is 35.9 Å². The number of anilines is 1. The molecule has 1 saturated heterocycles. The van der Waals surface area contributed by atoms with Gasteiger partial charge in [0.05, 0.1) is 22.8 Å². The molecular formula is C25H30FN5O3S. The zero-order chi connectivity index (χ0) is 25.2. The molecule has 2 aromatic carbocycles. The lowest BCUT2D eigenvalue weighted by molar-refractivity contribution is -0.117. The van der Waals surface area contributed by atoms with Crippen LogP contribution in [-0.4, -0.2) is 66.0 Å². The molecule has 0 spiro atoms. The van der Waals surface area contributed by atoms with E-state index in [2.05, 4.69) is 26.1 Å². The van der Waals surface area contributed by atoms with Crippen LogP contribution in [0.5, 0.6) is 0 Å². The number of nitrogens with zero attached hydrogens (tertiary/aromatic N) is 4. The smallest absolute Gasteiger partial charge is 0.243 e. The average molecular weight is 500 g/mol. The average Bonchev–Trinajstić information content (AvgIpc) is 3.24. The zero-order valence-corrected chi connectivity index (χ0v) is 20.9. The molecule has 35 heavy (non-hydrogen) atoms. The Balaban J connectivity index is 1.40. The van der Waals surface area contributed by atoms with Crippen LogP contribution in [0.1, 0.15) is 26.5 Å². The summed E-state index contributed by atoms with van der Waals surface area (Å²) >= 11 is 0. The largest absolute Gasteiger partial charge is 0.309 e. The molecule has 4 rings (SSSR count). The van der Waals surface area contributed by atoms with Gasteiger partial charge in [0.2, 0.25) is 15.9 Å². The third-order valence-corrected chi connectivity index (χ3v) is 7.81. The minimum Gasteiger partial charge on any atom is -0.309 e. The Bertz CT molecular complexity index is 1280. The summed E-state index contributed by atoms with van der Waals surface area (Å²) in [6.07, 6.45) is 0. The van der Waals surface area contributed by atoms with Gasteiger partial charge in [-0.2, -0.15) is 9.40 Å². The van der Waals surface area contributed by atoms with Crippen molar-refractivity contribution < 1.29 is 17.6 Å². The SMILES string of the molecule is CC(C)(C)c1cc(NC(=O)CN2CCN(S(=O)(=O)c3ccc(F)cc3)CC2)n(-c2ccccc2)n1. The van der Waals surface area contributed by atoms with Crippen LogP contribution in [0.15, 0.2) is 65.6 Å². The van der Waals surface area contributed by atoms with Gasteiger partial charge >= 0.3 is 0 Å². The molecule has 0 saturated carbocycles. The first-order valence-corrected chi connectivity index (χ1v) is 12.9. The first-order chi connectivity index (χ1) is 16.5. The standard InChI is InChI=1S/C25H30FN5O3S/c1-25(2,3)22-17-23(31(28-22)20-7-5-4-6-8-20)27-24(32)18-29-13-15-30(16-14-29)35(33,34)21-11-9-19(26)10-12-21/h4-12,17H,13-16,18H2,1-3H3,(H,27,32). The quantitative estimate of drug-likeness (QED) is 0.563. The Kier molecular flexibility index (Phi) is 7.07. The second-order valence-corrected chi connectivity index (χ2v) is 11.5. The number of rotatable bonds is 6. The maximum atomic E-state index is 13.2. The number of para-hydroxylation sites is 1. The number of benzene rings is 2. The van der Waals surface area contributed by atoms with E-state index in [1.807, 2.05) is 41.3 Å². The van der Waals surface area contributed by atoms with Gasteiger partial charge in [0.15, 0.2) is 0 Å². The highest BCUT2D eigenvalue weighted by molar-refractivity contribution is 7.89. The van der Waals surface area contributed by atoms with Crippen molar-refractivity contribution in [2.45, 2.75) is 31.1 Å². The van der Waals surface area contributed by atoms with E-state index < -0.39 is 15.8 Å². The number of hydrogen-bond acceptors (Lipinski definition) is 5. The third-order valence-electron chi connectivity index (χ3n) is 5.90. The predicted octanol–water partition coefficient (Wildman–Crippen LogP) is 3.25. The highest BCUT2D eigenvalue weighted by Gasteiger charge is 2.29. The van der Waals surface area contributed by atoms with Crippen LogP contribution in [0.25, 0.3) is 5.69 Å². The van der Waals surface area contributed by atoms with E-state index in [9.17, 15) is 17.6 Å². The Labute approximate surface area is 205 Å². The maximum absolute atomic E-state index is 13.2. The Morgan fingerprint density at radius 2 is 1.63 bits per heavy atom. The van der Waals surface area contributed by atoms with Crippen LogP contribution < -0.4 is 5.32 Å². The van der Waals surface area contributed by atoms with Crippen molar-refractivity contribution >= 4 is 21.7 Å². The molecule has 0 bridgehead atoms. The molecule has 10 heteroatoms. The Hall–Kier alpha value is -3.08. The van der Waals surface area contributed by atoms with Crippen molar-refractivity contribution in [2.75, 3.05) is 38.0 Å². The van der Waals surface area contributed by atoms with Gasteiger partial charge in [-0.05, 0) is 36.4 Å². The summed E-state index contributed by atoms with van der Waals surface area (Å²) in [7, 11) is -3.70. The molecule has 1 aromatic heterocycles. The Morgan fingerprint density at radius 1 is 1.00 bits per heavy atom. The van der Waals surface area contributed by atoms with E-state index in [0.717, 1.165) is 23.5 Å². The van der Waals surface area contributed by atoms with Crippen molar-refractivity contribution in [3.05, 3.63) is 72.2 Å². The van der Waals surface area contributed by atoms with Crippen LogP contribution >= 0.6 is 0 Å². The van der Waals surface area contributed by atoms with Crippen LogP contribution in [-0.2, 0) is 20.2 Å². The first kappa shape index (κ1) is 25.0. The van der Waals surface area contributed by atoms with E-state index in [4.69, 9.17) is 5.10 Å². The molecule has 0 aliphatic carbocycles. The lowest BCUT2D eigenvalue weighted by Crippen LogP contribution is -2.50. The molecule has 1 amide bonds. The lowest BCUT2D eigenvalue weighted by atomic mass is 9.92. The molecule has 2 heterocycles. The fraction of sp³-hybridized carbons (Fsp3) is 0.360. The summed E-state index contributed by atoms with van der Waals surface area (Å²) in [5.74, 6) is -0.0935. The highest BCUT2D eigenvalue weighted by Crippen LogP contribution is 2.26. The Morgan fingerprint density at radius 3 is 2.23 bits per heavy atom. The number of carbonyl (C=O) groups excluding carboxylic acids is 1. The van der Waals surface area contributed by atoms with Gasteiger partial charge in [0.25, 0.3) is 0 Å². The molecule has 1 fully saturated rings. The molecule has 0 atom stereocenters. The second-order valence-electron chi connectivity index (χ2n) is 9.59. The molecule has 0 unspecified atom stereocenters. The van der Waals surface area contributed by atoms with Crippen molar-refractivity contribution in [3.63, 3.8) is 0 Å². The number of sulfonamides is 1. The van der Waals surface area contributed by atoms with Gasteiger partial charge in [0, 0.05) is 37.7 Å². The zero-order valence-electron chi connectivity index (χ0n) is 20.1. The highest BCUT2D eigenvalue weighted by atomic mass is 32.2. The first-order valence-electron chi connectivity index (χ1n) is 11.5. The van der Waals surface area contributed by atoms with Crippen molar-refractivity contribution in [3.8, 4) is 5.69 Å². The number of carbonyl (C=O) groups is 1. The van der Waals surface area contributed by atoms with Gasteiger partial charge in [-0.15, -0.1) is 0 Å². The summed E-state index contributed by atoms with van der Waals surface area (Å²) in [6.45, 7) is 7.67. The molecule has 1 aliphatic rings. The number of aromatic nitrogens is 2. The summed E-state index contributed by atoms with van der Waals surface area (Å²) in [6, 6.07) is 16.3. The van der Waals surface area contributed by atoms with Crippen molar-refractivity contribution in [1.29, 1.82) is 0 Å². The summed E-state index contributed by atoms with van der Waals surface area (Å²) < 4.78 is 41.9. The minimum atomic E-state index is -3.70. The monoisotopic (exact) mass is 499 g/mol. The summed E-state index contributed by atoms with van der Waals surface area (Å²) in [4.78, 5) is 14.9. The number of piperazine rings is 1. The van der Waals surface area contributed by atoms with E-state index >= 15 is 0 Å². The topological polar surface area (TPSA) is 87.5 Å². The maximum Gasteiger partial charge on any atom is 0.243 e. The van der Waals surface area contributed by atoms with Crippen LogP contribution in [0.3, 0.4) is 0 Å². The number of halogens is 1. The van der Waals surface area contributed by atoms with Gasteiger partial charge in [-0.3, -0.25) is 9.69 Å². The summed E-state index contributed by atoms with van der Waals surface area (Å²) in [5, 5.41) is 7.69. The van der Waals surface area contributed by atoms with Crippen LogP contribution in [0, 0.1) is 5.82 Å². The second kappa shape index (κ2) is 9.88. The van der Waals surface area contributed by atoms with Crippen LogP contribution in [0.2, 0.25) is 0 Å². The summed E-state index contributed by atoms with van der Waals surface area (Å²) in [5.41, 5.74) is 1.51. The van der Waals surface area contributed by atoms with Gasteiger partial charge in [-0.1, -0.05) is 39.0 Å². The minimum absolute atomic E-state index is 0.0638. The molecule has 1 N–H and O–H groups in total. The number of hydrogen-bond donors (Lipinski definition) is 1. The predicted molar refractivity (Wildman–Crippen MR) is 132 cm³/mol. The molecule has 3 aromatic rings. The van der Waals surface area contributed by atoms with Gasteiger partial charge in [-0.25, -0.2) is 17.5 Å². The normalized spacial score (nSPS) is 15.8. The molecule has 0 radical (unpaired) electrons. The number of nitrogens with one attached hydrogen (secondary N) is 1.